The van der Waals surface area contributed by atoms with Crippen molar-refractivity contribution in [1.29, 1.82) is 0 Å². The van der Waals surface area contributed by atoms with E-state index in [1.165, 1.54) is 34.3 Å². The first-order valence-electron chi connectivity index (χ1n) is 13.1. The van der Waals surface area contributed by atoms with Gasteiger partial charge in [0.2, 0.25) is 15.9 Å². The standard InChI is InChI=1S/C30H35N3O4S/c1-22-12-13-23(2)29(18-22)31-14-16-32(17-15-31)30(34)28-21-33(20-27(28)24-8-5-4-6-9-24)38(35,36)26-11-7-10-25(19-26)37-3/h4-13,18-19,27-28H,14-17,20-21H2,1-3H3/t27-,28-/m1/s1. The maximum absolute atomic E-state index is 13.9. The lowest BCUT2D eigenvalue weighted by atomic mass is 9.88. The number of sulfonamides is 1. The van der Waals surface area contributed by atoms with Crippen LogP contribution in [0.15, 0.2) is 77.7 Å². The molecule has 1 amide bonds. The number of benzene rings is 3. The summed E-state index contributed by atoms with van der Waals surface area (Å²) in [6.45, 7) is 7.39. The van der Waals surface area contributed by atoms with E-state index in [-0.39, 0.29) is 29.8 Å². The number of piperazine rings is 1. The van der Waals surface area contributed by atoms with Crippen LogP contribution in [-0.4, -0.2) is 69.9 Å². The van der Waals surface area contributed by atoms with Gasteiger partial charge in [-0.1, -0.05) is 48.5 Å². The second-order valence-electron chi connectivity index (χ2n) is 10.2. The molecule has 3 aromatic rings. The maximum Gasteiger partial charge on any atom is 0.243 e. The van der Waals surface area contributed by atoms with E-state index in [9.17, 15) is 13.2 Å². The largest absolute Gasteiger partial charge is 0.497 e. The Hall–Kier alpha value is -3.36. The van der Waals surface area contributed by atoms with Crippen molar-refractivity contribution in [2.24, 2.45) is 5.92 Å². The van der Waals surface area contributed by atoms with Crippen LogP contribution in [0.1, 0.15) is 22.6 Å². The fourth-order valence-corrected chi connectivity index (χ4v) is 7.15. The molecule has 0 spiro atoms. The highest BCUT2D eigenvalue weighted by atomic mass is 32.2. The van der Waals surface area contributed by atoms with Crippen molar-refractivity contribution in [3.05, 3.63) is 89.5 Å². The number of carbonyl (C=O) groups excluding carboxylic acids is 1. The number of hydrogen-bond acceptors (Lipinski definition) is 5. The third-order valence-electron chi connectivity index (χ3n) is 7.81. The molecule has 5 rings (SSSR count). The molecule has 0 saturated carbocycles. The number of anilines is 1. The molecule has 0 N–H and O–H groups in total. The van der Waals surface area contributed by atoms with Gasteiger partial charge in [0.05, 0.1) is 17.9 Å². The fraction of sp³-hybridized carbons (Fsp3) is 0.367. The lowest BCUT2D eigenvalue weighted by Gasteiger charge is -2.38. The van der Waals surface area contributed by atoms with Crippen molar-refractivity contribution in [3.63, 3.8) is 0 Å². The molecule has 0 bridgehead atoms. The van der Waals surface area contributed by atoms with Crippen LogP contribution in [0.25, 0.3) is 0 Å². The van der Waals surface area contributed by atoms with Crippen LogP contribution in [0.2, 0.25) is 0 Å². The topological polar surface area (TPSA) is 70.2 Å². The smallest absolute Gasteiger partial charge is 0.243 e. The van der Waals surface area contributed by atoms with Crippen molar-refractivity contribution >= 4 is 21.6 Å². The lowest BCUT2D eigenvalue weighted by Crippen LogP contribution is -2.51. The van der Waals surface area contributed by atoms with Crippen molar-refractivity contribution in [3.8, 4) is 5.75 Å². The number of ether oxygens (including phenoxy) is 1. The Morgan fingerprint density at radius 2 is 1.61 bits per heavy atom. The van der Waals surface area contributed by atoms with Gasteiger partial charge < -0.3 is 14.5 Å². The summed E-state index contributed by atoms with van der Waals surface area (Å²) in [6.07, 6.45) is 0. The van der Waals surface area contributed by atoms with Gasteiger partial charge in [-0.05, 0) is 48.7 Å². The van der Waals surface area contributed by atoms with E-state index in [4.69, 9.17) is 4.74 Å². The molecule has 2 aliphatic heterocycles. The highest BCUT2D eigenvalue weighted by Gasteiger charge is 2.45. The monoisotopic (exact) mass is 533 g/mol. The normalized spacial score (nSPS) is 20.5. The average Bonchev–Trinajstić information content (AvgIpc) is 3.41. The van der Waals surface area contributed by atoms with Crippen molar-refractivity contribution < 1.29 is 17.9 Å². The predicted octanol–water partition coefficient (Wildman–Crippen LogP) is 4.07. The number of methoxy groups -OCH3 is 1. The summed E-state index contributed by atoms with van der Waals surface area (Å²) in [5.74, 6) is -0.131. The molecule has 200 valence electrons. The number of carbonyl (C=O) groups is 1. The summed E-state index contributed by atoms with van der Waals surface area (Å²) in [7, 11) is -2.27. The lowest BCUT2D eigenvalue weighted by molar-refractivity contribution is -0.135. The SMILES string of the molecule is COc1cccc(S(=O)(=O)N2C[C@H](c3ccccc3)[C@H](C(=O)N3CCN(c4cc(C)ccc4C)CC3)C2)c1. The Bertz CT molecular complexity index is 1400. The fourth-order valence-electron chi connectivity index (χ4n) is 5.63. The zero-order valence-electron chi connectivity index (χ0n) is 22.2. The molecule has 0 unspecified atom stereocenters. The zero-order chi connectivity index (χ0) is 26.9. The summed E-state index contributed by atoms with van der Waals surface area (Å²) >= 11 is 0. The first kappa shape index (κ1) is 26.3. The minimum Gasteiger partial charge on any atom is -0.497 e. The number of aryl methyl sites for hydroxylation is 2. The van der Waals surface area contributed by atoms with Crippen LogP contribution >= 0.6 is 0 Å². The van der Waals surface area contributed by atoms with Gasteiger partial charge in [0.1, 0.15) is 5.75 Å². The van der Waals surface area contributed by atoms with Gasteiger partial charge in [0, 0.05) is 56.9 Å². The minimum absolute atomic E-state index is 0.0304. The molecule has 38 heavy (non-hydrogen) atoms. The first-order chi connectivity index (χ1) is 18.3. The second kappa shape index (κ2) is 10.8. The molecule has 2 atom stereocenters. The molecule has 3 aromatic carbocycles. The van der Waals surface area contributed by atoms with Crippen LogP contribution in [0, 0.1) is 19.8 Å². The van der Waals surface area contributed by atoms with Crippen molar-refractivity contribution in [2.45, 2.75) is 24.7 Å². The molecule has 2 saturated heterocycles. The van der Waals surface area contributed by atoms with E-state index >= 15 is 0 Å². The quantitative estimate of drug-likeness (QED) is 0.478. The van der Waals surface area contributed by atoms with Gasteiger partial charge in [-0.25, -0.2) is 8.42 Å². The Morgan fingerprint density at radius 1 is 0.868 bits per heavy atom. The Morgan fingerprint density at radius 3 is 2.32 bits per heavy atom. The van der Waals surface area contributed by atoms with Crippen molar-refractivity contribution in [1.82, 2.24) is 9.21 Å². The molecule has 8 heteroatoms. The van der Waals surface area contributed by atoms with Gasteiger partial charge in [-0.15, -0.1) is 0 Å². The van der Waals surface area contributed by atoms with Crippen LogP contribution in [0.4, 0.5) is 5.69 Å². The number of rotatable bonds is 6. The predicted molar refractivity (Wildman–Crippen MR) is 149 cm³/mol. The third kappa shape index (κ3) is 5.15. The molecule has 2 fully saturated rings. The Balaban J connectivity index is 1.36. The Kier molecular flexibility index (Phi) is 7.45. The summed E-state index contributed by atoms with van der Waals surface area (Å²) in [4.78, 5) is 18.4. The van der Waals surface area contributed by atoms with E-state index in [1.807, 2.05) is 35.2 Å². The first-order valence-corrected chi connectivity index (χ1v) is 14.5. The molecule has 0 aliphatic carbocycles. The molecule has 2 aliphatic rings. The molecule has 2 heterocycles. The number of hydrogen-bond donors (Lipinski definition) is 0. The van der Waals surface area contributed by atoms with Crippen LogP contribution < -0.4 is 9.64 Å². The molecule has 0 aromatic heterocycles. The van der Waals surface area contributed by atoms with Crippen LogP contribution in [0.3, 0.4) is 0 Å². The van der Waals surface area contributed by atoms with Gasteiger partial charge in [0.25, 0.3) is 0 Å². The molecule has 7 nitrogen and oxygen atoms in total. The van der Waals surface area contributed by atoms with E-state index in [1.54, 1.807) is 18.2 Å². The molecule has 0 radical (unpaired) electrons. The average molecular weight is 534 g/mol. The Labute approximate surface area is 225 Å². The minimum atomic E-state index is -3.79. The third-order valence-corrected chi connectivity index (χ3v) is 9.63. The van der Waals surface area contributed by atoms with Crippen molar-refractivity contribution in [2.75, 3.05) is 51.3 Å². The second-order valence-corrected chi connectivity index (χ2v) is 12.2. The summed E-state index contributed by atoms with van der Waals surface area (Å²) < 4.78 is 34.0. The van der Waals surface area contributed by atoms with E-state index in [0.717, 1.165) is 18.7 Å². The van der Waals surface area contributed by atoms with E-state index in [2.05, 4.69) is 36.9 Å². The highest BCUT2D eigenvalue weighted by molar-refractivity contribution is 7.89. The van der Waals surface area contributed by atoms with Gasteiger partial charge in [-0.3, -0.25) is 4.79 Å². The number of amides is 1. The maximum atomic E-state index is 13.9. The highest BCUT2D eigenvalue weighted by Crippen LogP contribution is 2.37. The van der Waals surface area contributed by atoms with Gasteiger partial charge in [0.15, 0.2) is 0 Å². The van der Waals surface area contributed by atoms with Crippen LogP contribution in [-0.2, 0) is 14.8 Å². The number of nitrogens with zero attached hydrogens (tertiary/aromatic N) is 3. The van der Waals surface area contributed by atoms with E-state index in [0.29, 0.717) is 18.8 Å². The summed E-state index contributed by atoms with van der Waals surface area (Å²) in [6, 6.07) is 22.8. The van der Waals surface area contributed by atoms with E-state index < -0.39 is 15.9 Å². The molecular formula is C30H35N3O4S. The zero-order valence-corrected chi connectivity index (χ0v) is 23.0. The summed E-state index contributed by atoms with van der Waals surface area (Å²) in [5.41, 5.74) is 4.66. The van der Waals surface area contributed by atoms with Gasteiger partial charge in [-0.2, -0.15) is 4.31 Å². The molecular weight excluding hydrogens is 498 g/mol. The summed E-state index contributed by atoms with van der Waals surface area (Å²) in [5, 5.41) is 0. The van der Waals surface area contributed by atoms with Crippen LogP contribution in [0.5, 0.6) is 5.75 Å². The van der Waals surface area contributed by atoms with Gasteiger partial charge >= 0.3 is 0 Å².